The molecule has 1 aliphatic heterocycles. The smallest absolute Gasteiger partial charge is 0.399 e. The quantitative estimate of drug-likeness (QED) is 0.798. The van der Waals surface area contributed by atoms with Crippen molar-refractivity contribution < 1.29 is 22.3 Å². The van der Waals surface area contributed by atoms with Crippen LogP contribution in [0.3, 0.4) is 0 Å². The summed E-state index contributed by atoms with van der Waals surface area (Å²) in [7, 11) is 0. The molecule has 1 aromatic heterocycles. The van der Waals surface area contributed by atoms with E-state index in [1.165, 1.54) is 6.07 Å². The Balaban J connectivity index is 1.72. The molecule has 7 heteroatoms. The lowest BCUT2D eigenvalue weighted by Crippen LogP contribution is -2.38. The lowest BCUT2D eigenvalue weighted by atomic mass is 9.78. The second kappa shape index (κ2) is 7.72. The Morgan fingerprint density at radius 2 is 1.81 bits per heavy atom. The topological polar surface area (TPSA) is 37.6 Å². The number of hydrogen-bond donors (Lipinski definition) is 1. The van der Waals surface area contributed by atoms with Crippen molar-refractivity contribution >= 4 is 16.7 Å². The van der Waals surface area contributed by atoms with E-state index >= 15 is 0 Å². The van der Waals surface area contributed by atoms with Crippen molar-refractivity contribution in [1.29, 1.82) is 0 Å². The van der Waals surface area contributed by atoms with Crippen LogP contribution in [0.2, 0.25) is 0 Å². The highest BCUT2D eigenvalue weighted by atomic mass is 19.4. The molecule has 3 rings (SSSR count). The molecular formula is C20H27F3N2O2. The zero-order valence-electron chi connectivity index (χ0n) is 16.0. The van der Waals surface area contributed by atoms with Crippen molar-refractivity contribution in [2.24, 2.45) is 5.41 Å². The van der Waals surface area contributed by atoms with Crippen LogP contribution >= 0.6 is 0 Å². The van der Waals surface area contributed by atoms with Gasteiger partial charge >= 0.3 is 6.18 Å². The predicted octanol–water partition coefficient (Wildman–Crippen LogP) is 4.87. The van der Waals surface area contributed by atoms with Gasteiger partial charge in [-0.1, -0.05) is 20.8 Å². The van der Waals surface area contributed by atoms with Gasteiger partial charge in [0.2, 0.25) is 0 Å². The van der Waals surface area contributed by atoms with Crippen molar-refractivity contribution in [3.63, 3.8) is 0 Å². The average molecular weight is 384 g/mol. The average Bonchev–Trinajstić information content (AvgIpc) is 2.95. The van der Waals surface area contributed by atoms with E-state index in [2.05, 4.69) is 10.2 Å². The number of hydrogen-bond acceptors (Lipinski definition) is 4. The zero-order valence-corrected chi connectivity index (χ0v) is 16.0. The molecular weight excluding hydrogens is 357 g/mol. The molecule has 0 aliphatic carbocycles. The highest BCUT2D eigenvalue weighted by Gasteiger charge is 2.49. The van der Waals surface area contributed by atoms with Crippen molar-refractivity contribution in [1.82, 2.24) is 4.90 Å². The summed E-state index contributed by atoms with van der Waals surface area (Å²) in [5, 5.41) is 4.02. The van der Waals surface area contributed by atoms with Crippen LogP contribution in [0.1, 0.15) is 32.4 Å². The molecule has 1 aromatic carbocycles. The van der Waals surface area contributed by atoms with E-state index in [1.807, 2.05) is 12.1 Å². The molecule has 0 bridgehead atoms. The van der Waals surface area contributed by atoms with E-state index in [-0.39, 0.29) is 5.76 Å². The van der Waals surface area contributed by atoms with E-state index < -0.39 is 17.5 Å². The number of ether oxygens (including phenoxy) is 1. The first-order valence-electron chi connectivity index (χ1n) is 9.29. The molecule has 1 unspecified atom stereocenters. The van der Waals surface area contributed by atoms with E-state index in [4.69, 9.17) is 9.15 Å². The Labute approximate surface area is 157 Å². The molecule has 2 aromatic rings. The van der Waals surface area contributed by atoms with Crippen LogP contribution < -0.4 is 5.32 Å². The van der Waals surface area contributed by atoms with Crippen molar-refractivity contribution in [2.45, 2.75) is 32.9 Å². The molecule has 0 amide bonds. The van der Waals surface area contributed by atoms with E-state index in [0.29, 0.717) is 11.0 Å². The van der Waals surface area contributed by atoms with Gasteiger partial charge < -0.3 is 14.5 Å². The summed E-state index contributed by atoms with van der Waals surface area (Å²) < 4.78 is 51.6. The maximum atomic E-state index is 13.6. The number of rotatable bonds is 5. The van der Waals surface area contributed by atoms with Gasteiger partial charge in [0, 0.05) is 37.3 Å². The van der Waals surface area contributed by atoms with Crippen LogP contribution in [0.4, 0.5) is 18.9 Å². The first-order valence-corrected chi connectivity index (χ1v) is 9.29. The summed E-state index contributed by atoms with van der Waals surface area (Å²) >= 11 is 0. The Morgan fingerprint density at radius 1 is 1.11 bits per heavy atom. The molecule has 2 heterocycles. The van der Waals surface area contributed by atoms with Gasteiger partial charge in [-0.15, -0.1) is 0 Å². The summed E-state index contributed by atoms with van der Waals surface area (Å²) in [6.45, 7) is 9.79. The third-order valence-corrected chi connectivity index (χ3v) is 4.87. The lowest BCUT2D eigenvalue weighted by Gasteiger charge is -2.30. The van der Waals surface area contributed by atoms with Gasteiger partial charge in [-0.2, -0.15) is 13.2 Å². The van der Waals surface area contributed by atoms with Crippen LogP contribution in [0, 0.1) is 5.41 Å². The number of nitrogens with zero attached hydrogens (tertiary/aromatic N) is 1. The summed E-state index contributed by atoms with van der Waals surface area (Å²) in [6.07, 6.45) is -4.36. The highest BCUT2D eigenvalue weighted by molar-refractivity contribution is 5.82. The molecule has 1 atom stereocenters. The van der Waals surface area contributed by atoms with Crippen LogP contribution in [-0.2, 0) is 4.74 Å². The second-order valence-corrected chi connectivity index (χ2v) is 8.12. The zero-order chi connectivity index (χ0) is 19.7. The normalized spacial score (nSPS) is 18.0. The van der Waals surface area contributed by atoms with Crippen LogP contribution in [0.25, 0.3) is 11.0 Å². The molecule has 0 spiro atoms. The molecule has 1 fully saturated rings. The molecule has 1 N–H and O–H groups in total. The van der Waals surface area contributed by atoms with E-state index in [0.717, 1.165) is 45.1 Å². The first kappa shape index (κ1) is 20.0. The number of fused-ring (bicyclic) bond motifs is 1. The minimum atomic E-state index is -4.36. The number of halogens is 3. The van der Waals surface area contributed by atoms with Crippen LogP contribution in [0.5, 0.6) is 0 Å². The second-order valence-electron chi connectivity index (χ2n) is 8.12. The number of nitrogens with one attached hydrogen (secondary N) is 1. The molecule has 150 valence electrons. The third-order valence-electron chi connectivity index (χ3n) is 4.87. The van der Waals surface area contributed by atoms with Gasteiger partial charge in [0.25, 0.3) is 0 Å². The molecule has 0 saturated carbocycles. The van der Waals surface area contributed by atoms with Gasteiger partial charge in [0.15, 0.2) is 0 Å². The Morgan fingerprint density at radius 3 is 2.44 bits per heavy atom. The summed E-state index contributed by atoms with van der Waals surface area (Å²) in [6, 6.07) is 6.93. The minimum absolute atomic E-state index is 0.0320. The van der Waals surface area contributed by atoms with Gasteiger partial charge in [-0.05, 0) is 29.7 Å². The fourth-order valence-corrected chi connectivity index (χ4v) is 3.58. The summed E-state index contributed by atoms with van der Waals surface area (Å²) in [5.41, 5.74) is 0.371. The first-order chi connectivity index (χ1) is 12.6. The maximum absolute atomic E-state index is 13.6. The molecule has 1 saturated heterocycles. The summed E-state index contributed by atoms with van der Waals surface area (Å²) in [4.78, 5) is 2.32. The molecule has 4 nitrogen and oxygen atoms in total. The van der Waals surface area contributed by atoms with Crippen molar-refractivity contribution in [2.75, 3.05) is 44.7 Å². The Kier molecular flexibility index (Phi) is 5.72. The number of furan rings is 1. The maximum Gasteiger partial charge on any atom is 0.399 e. The number of anilines is 1. The van der Waals surface area contributed by atoms with E-state index in [9.17, 15) is 13.2 Å². The van der Waals surface area contributed by atoms with Gasteiger partial charge in [0.05, 0.1) is 13.2 Å². The third kappa shape index (κ3) is 4.96. The molecule has 27 heavy (non-hydrogen) atoms. The number of alkyl halides is 3. The molecule has 0 radical (unpaired) electrons. The number of benzene rings is 1. The Bertz CT molecular complexity index is 745. The standard InChI is InChI=1S/C20H27F3N2O2/c1-19(2,3)18(20(21,22)23)17-13-14-12-15(4-5-16(14)27-17)24-6-7-25-8-10-26-11-9-25/h4-5,12-13,18,24H,6-11H2,1-3H3. The van der Waals surface area contributed by atoms with Gasteiger partial charge in [-0.25, -0.2) is 0 Å². The van der Waals surface area contributed by atoms with Crippen LogP contribution in [-0.4, -0.2) is 50.5 Å². The molecule has 1 aliphatic rings. The highest BCUT2D eigenvalue weighted by Crippen LogP contribution is 2.48. The van der Waals surface area contributed by atoms with Gasteiger partial charge in [-0.3, -0.25) is 4.90 Å². The monoisotopic (exact) mass is 384 g/mol. The SMILES string of the molecule is CC(C)(C)C(c1cc2cc(NCCN3CCOCC3)ccc2o1)C(F)(F)F. The largest absolute Gasteiger partial charge is 0.460 e. The van der Waals surface area contributed by atoms with Crippen LogP contribution in [0.15, 0.2) is 28.7 Å². The predicted molar refractivity (Wildman–Crippen MR) is 100 cm³/mol. The fraction of sp³-hybridized carbons (Fsp3) is 0.600. The fourth-order valence-electron chi connectivity index (χ4n) is 3.58. The minimum Gasteiger partial charge on any atom is -0.460 e. The Hall–Kier alpha value is -1.73. The van der Waals surface area contributed by atoms with Crippen molar-refractivity contribution in [3.05, 3.63) is 30.0 Å². The van der Waals surface area contributed by atoms with E-state index in [1.54, 1.807) is 26.8 Å². The van der Waals surface area contributed by atoms with Crippen molar-refractivity contribution in [3.8, 4) is 0 Å². The summed E-state index contributed by atoms with van der Waals surface area (Å²) in [5.74, 6) is -1.68. The van der Waals surface area contributed by atoms with Gasteiger partial charge in [0.1, 0.15) is 17.3 Å². The number of morpholine rings is 1. The lowest BCUT2D eigenvalue weighted by molar-refractivity contribution is -0.175.